The molecule has 23 heavy (non-hydrogen) atoms. The third-order valence-corrected chi connectivity index (χ3v) is 3.23. The summed E-state index contributed by atoms with van der Waals surface area (Å²) in [6, 6.07) is 8.07. The van der Waals surface area contributed by atoms with E-state index in [0.29, 0.717) is 17.4 Å². The topological polar surface area (TPSA) is 66.9 Å². The molecular formula is C18H24N4O. The molecule has 0 saturated carbocycles. The number of carbonyl (C=O) groups is 1. The molecule has 2 rings (SSSR count). The van der Waals surface area contributed by atoms with E-state index in [1.807, 2.05) is 39.0 Å². The van der Waals surface area contributed by atoms with E-state index in [2.05, 4.69) is 40.5 Å². The normalized spacial score (nSPS) is 11.4. The quantitative estimate of drug-likeness (QED) is 0.899. The van der Waals surface area contributed by atoms with E-state index in [1.165, 1.54) is 18.0 Å². The summed E-state index contributed by atoms with van der Waals surface area (Å²) in [5.74, 6) is 0.701. The maximum atomic E-state index is 12.1. The van der Waals surface area contributed by atoms with E-state index in [9.17, 15) is 4.79 Å². The van der Waals surface area contributed by atoms with Crippen LogP contribution in [0.1, 0.15) is 56.5 Å². The molecule has 0 radical (unpaired) electrons. The molecule has 1 aromatic carbocycles. The van der Waals surface area contributed by atoms with Crippen molar-refractivity contribution < 1.29 is 4.79 Å². The molecule has 1 aromatic heterocycles. The van der Waals surface area contributed by atoms with Crippen molar-refractivity contribution in [1.29, 1.82) is 0 Å². The summed E-state index contributed by atoms with van der Waals surface area (Å²) >= 11 is 0. The highest BCUT2D eigenvalue weighted by Crippen LogP contribution is 2.25. The molecule has 0 aliphatic carbocycles. The number of benzene rings is 1. The van der Waals surface area contributed by atoms with Gasteiger partial charge in [-0.1, -0.05) is 32.0 Å². The van der Waals surface area contributed by atoms with Gasteiger partial charge < -0.3 is 10.6 Å². The minimum Gasteiger partial charge on any atom is -0.347 e. The Morgan fingerprint density at radius 3 is 2.26 bits per heavy atom. The molecule has 5 heteroatoms. The molecule has 0 fully saturated rings. The summed E-state index contributed by atoms with van der Waals surface area (Å²) < 4.78 is 0. The molecule has 0 atom stereocenters. The second-order valence-electron chi connectivity index (χ2n) is 6.87. The molecular weight excluding hydrogens is 288 g/mol. The summed E-state index contributed by atoms with van der Waals surface area (Å²) in [5.41, 5.74) is 2.34. The number of nitrogens with zero attached hydrogens (tertiary/aromatic N) is 2. The number of anilines is 2. The minimum atomic E-state index is -0.287. The van der Waals surface area contributed by atoms with Gasteiger partial charge in [-0.2, -0.15) is 0 Å². The van der Waals surface area contributed by atoms with Crippen LogP contribution >= 0.6 is 0 Å². The summed E-state index contributed by atoms with van der Waals surface area (Å²) in [6.45, 7) is 10.1. The molecule has 2 N–H and O–H groups in total. The molecule has 5 nitrogen and oxygen atoms in total. The van der Waals surface area contributed by atoms with Crippen LogP contribution < -0.4 is 10.6 Å². The van der Waals surface area contributed by atoms with Gasteiger partial charge in [-0.25, -0.2) is 9.97 Å². The SMILES string of the molecule is CC(C)c1ccccc1Nc1ncc(C(=O)NC(C)(C)C)cn1. The van der Waals surface area contributed by atoms with Gasteiger partial charge >= 0.3 is 0 Å². The Balaban J connectivity index is 2.13. The van der Waals surface area contributed by atoms with Gasteiger partial charge in [0, 0.05) is 23.6 Å². The first-order valence-electron chi connectivity index (χ1n) is 7.77. The lowest BCUT2D eigenvalue weighted by Crippen LogP contribution is -2.40. The van der Waals surface area contributed by atoms with Crippen molar-refractivity contribution in [2.24, 2.45) is 0 Å². The second-order valence-corrected chi connectivity index (χ2v) is 6.87. The first-order valence-corrected chi connectivity index (χ1v) is 7.77. The van der Waals surface area contributed by atoms with E-state index in [1.54, 1.807) is 0 Å². The van der Waals surface area contributed by atoms with E-state index < -0.39 is 0 Å². The Morgan fingerprint density at radius 2 is 1.70 bits per heavy atom. The fourth-order valence-corrected chi connectivity index (χ4v) is 2.16. The van der Waals surface area contributed by atoms with Gasteiger partial charge in [0.25, 0.3) is 5.91 Å². The number of hydrogen-bond donors (Lipinski definition) is 2. The lowest BCUT2D eigenvalue weighted by Gasteiger charge is -2.20. The number of para-hydroxylation sites is 1. The minimum absolute atomic E-state index is 0.174. The Morgan fingerprint density at radius 1 is 1.09 bits per heavy atom. The molecule has 0 saturated heterocycles. The summed E-state index contributed by atoms with van der Waals surface area (Å²) in [4.78, 5) is 20.5. The molecule has 0 aliphatic heterocycles. The van der Waals surface area contributed by atoms with Crippen LogP contribution in [0.5, 0.6) is 0 Å². The average Bonchev–Trinajstić information content (AvgIpc) is 2.46. The average molecular weight is 312 g/mol. The Hall–Kier alpha value is -2.43. The largest absolute Gasteiger partial charge is 0.347 e. The van der Waals surface area contributed by atoms with Gasteiger partial charge in [-0.15, -0.1) is 0 Å². The van der Waals surface area contributed by atoms with E-state index in [-0.39, 0.29) is 11.4 Å². The first-order chi connectivity index (χ1) is 10.8. The Labute approximate surface area is 137 Å². The molecule has 0 spiro atoms. The number of aromatic nitrogens is 2. The fraction of sp³-hybridized carbons (Fsp3) is 0.389. The van der Waals surface area contributed by atoms with Gasteiger partial charge in [0.2, 0.25) is 5.95 Å². The van der Waals surface area contributed by atoms with Gasteiger partial charge in [0.1, 0.15) is 0 Å². The van der Waals surface area contributed by atoms with Crippen LogP contribution in [0.25, 0.3) is 0 Å². The number of carbonyl (C=O) groups excluding carboxylic acids is 1. The van der Waals surface area contributed by atoms with E-state index >= 15 is 0 Å². The van der Waals surface area contributed by atoms with Crippen molar-refractivity contribution in [2.75, 3.05) is 5.32 Å². The van der Waals surface area contributed by atoms with Crippen molar-refractivity contribution in [3.05, 3.63) is 47.8 Å². The molecule has 2 aromatic rings. The van der Waals surface area contributed by atoms with Gasteiger partial charge in [0.05, 0.1) is 5.56 Å². The molecule has 1 amide bonds. The van der Waals surface area contributed by atoms with Crippen LogP contribution in [0.4, 0.5) is 11.6 Å². The van der Waals surface area contributed by atoms with Crippen molar-refractivity contribution in [3.8, 4) is 0 Å². The zero-order chi connectivity index (χ0) is 17.0. The maximum Gasteiger partial charge on any atom is 0.254 e. The van der Waals surface area contributed by atoms with Gasteiger partial charge in [-0.05, 0) is 38.3 Å². The maximum absolute atomic E-state index is 12.1. The molecule has 0 unspecified atom stereocenters. The van der Waals surface area contributed by atoms with Gasteiger partial charge in [-0.3, -0.25) is 4.79 Å². The Kier molecular flexibility index (Phi) is 4.98. The van der Waals surface area contributed by atoms with Crippen LogP contribution in [0.15, 0.2) is 36.7 Å². The van der Waals surface area contributed by atoms with Crippen LogP contribution in [-0.4, -0.2) is 21.4 Å². The van der Waals surface area contributed by atoms with Gasteiger partial charge in [0.15, 0.2) is 0 Å². The smallest absolute Gasteiger partial charge is 0.254 e. The van der Waals surface area contributed by atoms with E-state index in [4.69, 9.17) is 0 Å². The predicted molar refractivity (Wildman–Crippen MR) is 93.1 cm³/mol. The molecule has 122 valence electrons. The highest BCUT2D eigenvalue weighted by atomic mass is 16.1. The third kappa shape index (κ3) is 4.77. The van der Waals surface area contributed by atoms with Crippen molar-refractivity contribution >= 4 is 17.5 Å². The first kappa shape index (κ1) is 16.9. The number of hydrogen-bond acceptors (Lipinski definition) is 4. The lowest BCUT2D eigenvalue weighted by atomic mass is 10.0. The number of amides is 1. The molecule has 0 aliphatic rings. The summed E-state index contributed by atoms with van der Waals surface area (Å²) in [6.07, 6.45) is 3.07. The number of nitrogens with one attached hydrogen (secondary N) is 2. The monoisotopic (exact) mass is 312 g/mol. The third-order valence-electron chi connectivity index (χ3n) is 3.23. The summed E-state index contributed by atoms with van der Waals surface area (Å²) in [5, 5.41) is 6.10. The Bertz CT molecular complexity index is 672. The lowest BCUT2D eigenvalue weighted by molar-refractivity contribution is 0.0919. The fourth-order valence-electron chi connectivity index (χ4n) is 2.16. The zero-order valence-corrected chi connectivity index (χ0v) is 14.3. The molecule has 0 bridgehead atoms. The second kappa shape index (κ2) is 6.77. The highest BCUT2D eigenvalue weighted by molar-refractivity contribution is 5.94. The molecule has 1 heterocycles. The van der Waals surface area contributed by atoms with Crippen LogP contribution in [-0.2, 0) is 0 Å². The standard InChI is InChI=1S/C18H24N4O/c1-12(2)14-8-6-7-9-15(14)21-17-19-10-13(11-20-17)16(23)22-18(3,4)5/h6-12H,1-5H3,(H,22,23)(H,19,20,21). The predicted octanol–water partition coefficient (Wildman–Crippen LogP) is 3.87. The van der Waals surface area contributed by atoms with Crippen LogP contribution in [0, 0.1) is 0 Å². The van der Waals surface area contributed by atoms with Crippen LogP contribution in [0.3, 0.4) is 0 Å². The van der Waals surface area contributed by atoms with Crippen molar-refractivity contribution in [3.63, 3.8) is 0 Å². The van der Waals surface area contributed by atoms with Crippen LogP contribution in [0.2, 0.25) is 0 Å². The highest BCUT2D eigenvalue weighted by Gasteiger charge is 2.16. The van der Waals surface area contributed by atoms with E-state index in [0.717, 1.165) is 5.69 Å². The summed E-state index contributed by atoms with van der Waals surface area (Å²) in [7, 11) is 0. The van der Waals surface area contributed by atoms with Crippen molar-refractivity contribution in [2.45, 2.75) is 46.1 Å². The van der Waals surface area contributed by atoms with Crippen molar-refractivity contribution in [1.82, 2.24) is 15.3 Å². The number of rotatable bonds is 4. The zero-order valence-electron chi connectivity index (χ0n) is 14.3.